The lowest BCUT2D eigenvalue weighted by molar-refractivity contribution is 0.155. The van der Waals surface area contributed by atoms with Crippen LogP contribution in [0.1, 0.15) is 37.8 Å². The number of hydrogen-bond donors (Lipinski definition) is 1. The van der Waals surface area contributed by atoms with Gasteiger partial charge >= 0.3 is 0 Å². The molecule has 2 atom stereocenters. The van der Waals surface area contributed by atoms with Gasteiger partial charge in [0.25, 0.3) is 5.88 Å². The number of aromatic nitrogens is 2. The molecular formula is C12H16N4O. The van der Waals surface area contributed by atoms with E-state index in [2.05, 4.69) is 9.97 Å². The molecule has 2 unspecified atom stereocenters. The van der Waals surface area contributed by atoms with Crippen molar-refractivity contribution in [2.45, 2.75) is 44.2 Å². The maximum atomic E-state index is 8.91. The molecule has 0 amide bonds. The van der Waals surface area contributed by atoms with E-state index in [1.54, 1.807) is 0 Å². The summed E-state index contributed by atoms with van der Waals surface area (Å²) in [6.07, 6.45) is 8.29. The summed E-state index contributed by atoms with van der Waals surface area (Å²) < 4.78 is 5.75. The first-order valence-electron chi connectivity index (χ1n) is 5.94. The van der Waals surface area contributed by atoms with Gasteiger partial charge in [0.05, 0.1) is 0 Å². The summed E-state index contributed by atoms with van der Waals surface area (Å²) in [7, 11) is 0. The molecule has 1 aromatic heterocycles. The van der Waals surface area contributed by atoms with Crippen LogP contribution in [0.25, 0.3) is 0 Å². The summed E-state index contributed by atoms with van der Waals surface area (Å²) in [4.78, 5) is 7.97. The normalized spacial score (nSPS) is 24.7. The maximum Gasteiger partial charge on any atom is 0.251 e. The molecule has 1 fully saturated rings. The van der Waals surface area contributed by atoms with Crippen LogP contribution < -0.4 is 10.5 Å². The summed E-state index contributed by atoms with van der Waals surface area (Å²) in [6.45, 7) is 0. The van der Waals surface area contributed by atoms with Crippen LogP contribution >= 0.6 is 0 Å². The predicted molar refractivity (Wildman–Crippen MR) is 62.2 cm³/mol. The van der Waals surface area contributed by atoms with Gasteiger partial charge in [-0.15, -0.1) is 0 Å². The minimum absolute atomic E-state index is 0.0195. The number of ether oxygens (including phenoxy) is 1. The Bertz CT molecular complexity index is 415. The van der Waals surface area contributed by atoms with E-state index in [0.717, 1.165) is 25.7 Å². The number of rotatable bonds is 2. The van der Waals surface area contributed by atoms with Crippen molar-refractivity contribution in [2.75, 3.05) is 0 Å². The summed E-state index contributed by atoms with van der Waals surface area (Å²) in [5, 5.41) is 8.91. The minimum Gasteiger partial charge on any atom is -0.471 e. The summed E-state index contributed by atoms with van der Waals surface area (Å²) in [5.74, 6) is 0.303. The molecular weight excluding hydrogens is 216 g/mol. The topological polar surface area (TPSA) is 84.8 Å². The summed E-state index contributed by atoms with van der Waals surface area (Å²) in [5.41, 5.74) is 6.29. The van der Waals surface area contributed by atoms with Gasteiger partial charge in [0.2, 0.25) is 5.69 Å². The molecule has 2 rings (SSSR count). The molecule has 2 N–H and O–H groups in total. The van der Waals surface area contributed by atoms with E-state index >= 15 is 0 Å². The fourth-order valence-corrected chi connectivity index (χ4v) is 2.08. The summed E-state index contributed by atoms with van der Waals surface area (Å²) >= 11 is 0. The Labute approximate surface area is 101 Å². The van der Waals surface area contributed by atoms with Crippen LogP contribution in [0, 0.1) is 11.3 Å². The smallest absolute Gasteiger partial charge is 0.251 e. The van der Waals surface area contributed by atoms with Gasteiger partial charge in [-0.05, 0) is 19.3 Å². The lowest BCUT2D eigenvalue weighted by Gasteiger charge is -2.22. The summed E-state index contributed by atoms with van der Waals surface area (Å²) in [6, 6.07) is 2.00. The first-order valence-corrected chi connectivity index (χ1v) is 5.94. The quantitative estimate of drug-likeness (QED) is 0.779. The van der Waals surface area contributed by atoms with Crippen molar-refractivity contribution < 1.29 is 4.74 Å². The zero-order valence-corrected chi connectivity index (χ0v) is 9.67. The molecule has 17 heavy (non-hydrogen) atoms. The van der Waals surface area contributed by atoms with Crippen LogP contribution in [0.3, 0.4) is 0 Å². The average Bonchev–Trinajstić information content (AvgIpc) is 2.56. The van der Waals surface area contributed by atoms with E-state index in [1.807, 2.05) is 6.07 Å². The van der Waals surface area contributed by atoms with Gasteiger partial charge in [0, 0.05) is 18.4 Å². The van der Waals surface area contributed by atoms with E-state index in [9.17, 15) is 0 Å². The first-order chi connectivity index (χ1) is 8.31. The maximum absolute atomic E-state index is 8.91. The second-order valence-corrected chi connectivity index (χ2v) is 4.28. The van der Waals surface area contributed by atoms with E-state index < -0.39 is 0 Å². The van der Waals surface area contributed by atoms with Gasteiger partial charge in [0.15, 0.2) is 0 Å². The predicted octanol–water partition coefficient (Wildman–Crippen LogP) is 1.39. The van der Waals surface area contributed by atoms with Crippen molar-refractivity contribution in [3.8, 4) is 11.9 Å². The lowest BCUT2D eigenvalue weighted by Crippen LogP contribution is -2.38. The third kappa shape index (κ3) is 2.92. The standard InChI is InChI=1S/C12H16N4O/c13-8-10-12(16-7-6-15-10)17-11-5-3-1-2-4-9(11)14/h6-7,9,11H,1-5,14H2. The van der Waals surface area contributed by atoms with Crippen molar-refractivity contribution in [1.29, 1.82) is 5.26 Å². The second-order valence-electron chi connectivity index (χ2n) is 4.28. The van der Waals surface area contributed by atoms with E-state index in [-0.39, 0.29) is 17.8 Å². The van der Waals surface area contributed by atoms with Gasteiger partial charge in [-0.3, -0.25) is 0 Å². The monoisotopic (exact) mass is 232 g/mol. The van der Waals surface area contributed by atoms with Crippen LogP contribution in [0.4, 0.5) is 0 Å². The Hall–Kier alpha value is -1.67. The van der Waals surface area contributed by atoms with Crippen LogP contribution in [-0.4, -0.2) is 22.1 Å². The number of nitriles is 1. The van der Waals surface area contributed by atoms with Crippen molar-refractivity contribution in [3.63, 3.8) is 0 Å². The van der Waals surface area contributed by atoms with Crippen molar-refractivity contribution in [1.82, 2.24) is 9.97 Å². The van der Waals surface area contributed by atoms with Crippen molar-refractivity contribution >= 4 is 0 Å². The molecule has 0 saturated heterocycles. The highest BCUT2D eigenvalue weighted by Gasteiger charge is 2.23. The van der Waals surface area contributed by atoms with Gasteiger partial charge in [-0.1, -0.05) is 12.8 Å². The molecule has 5 heteroatoms. The Balaban J connectivity index is 2.11. The van der Waals surface area contributed by atoms with Crippen LogP contribution in [0.5, 0.6) is 5.88 Å². The molecule has 0 bridgehead atoms. The van der Waals surface area contributed by atoms with E-state index in [4.69, 9.17) is 15.7 Å². The Morgan fingerprint density at radius 2 is 2.00 bits per heavy atom. The second kappa shape index (κ2) is 5.60. The molecule has 1 heterocycles. The molecule has 90 valence electrons. The molecule has 1 aliphatic carbocycles. The molecule has 5 nitrogen and oxygen atoms in total. The Morgan fingerprint density at radius 3 is 2.82 bits per heavy atom. The largest absolute Gasteiger partial charge is 0.471 e. The third-order valence-electron chi connectivity index (χ3n) is 3.04. The minimum atomic E-state index is -0.0544. The molecule has 1 aliphatic rings. The average molecular weight is 232 g/mol. The molecule has 1 saturated carbocycles. The van der Waals surface area contributed by atoms with Crippen molar-refractivity contribution in [3.05, 3.63) is 18.1 Å². The van der Waals surface area contributed by atoms with Crippen LogP contribution in [-0.2, 0) is 0 Å². The molecule has 0 radical (unpaired) electrons. The molecule has 0 spiro atoms. The van der Waals surface area contributed by atoms with Gasteiger partial charge in [-0.25, -0.2) is 9.97 Å². The molecule has 0 aliphatic heterocycles. The number of nitrogens with zero attached hydrogens (tertiary/aromatic N) is 3. The van der Waals surface area contributed by atoms with E-state index in [1.165, 1.54) is 18.8 Å². The fraction of sp³-hybridized carbons (Fsp3) is 0.583. The first kappa shape index (κ1) is 11.8. The highest BCUT2D eigenvalue weighted by Crippen LogP contribution is 2.22. The highest BCUT2D eigenvalue weighted by atomic mass is 16.5. The van der Waals surface area contributed by atoms with Crippen molar-refractivity contribution in [2.24, 2.45) is 5.73 Å². The Kier molecular flexibility index (Phi) is 3.89. The van der Waals surface area contributed by atoms with E-state index in [0.29, 0.717) is 5.88 Å². The zero-order valence-electron chi connectivity index (χ0n) is 9.67. The van der Waals surface area contributed by atoms with Crippen LogP contribution in [0.2, 0.25) is 0 Å². The van der Waals surface area contributed by atoms with Gasteiger partial charge in [-0.2, -0.15) is 5.26 Å². The third-order valence-corrected chi connectivity index (χ3v) is 3.04. The lowest BCUT2D eigenvalue weighted by atomic mass is 10.1. The Morgan fingerprint density at radius 1 is 1.24 bits per heavy atom. The van der Waals surface area contributed by atoms with Crippen LogP contribution in [0.15, 0.2) is 12.4 Å². The van der Waals surface area contributed by atoms with Gasteiger partial charge in [0.1, 0.15) is 12.2 Å². The molecule has 0 aromatic carbocycles. The SMILES string of the molecule is N#Cc1nccnc1OC1CCCCCC1N. The zero-order chi connectivity index (χ0) is 12.1. The number of hydrogen-bond acceptors (Lipinski definition) is 5. The fourth-order valence-electron chi connectivity index (χ4n) is 2.08. The highest BCUT2D eigenvalue weighted by molar-refractivity contribution is 5.30. The molecule has 1 aromatic rings. The number of nitrogens with two attached hydrogens (primary N) is 1. The van der Waals surface area contributed by atoms with Gasteiger partial charge < -0.3 is 10.5 Å².